The molecule has 0 unspecified atom stereocenters. The van der Waals surface area contributed by atoms with Crippen molar-refractivity contribution in [3.8, 4) is 17.0 Å². The minimum atomic E-state index is -0.948. The molecule has 0 atom stereocenters. The van der Waals surface area contributed by atoms with Crippen LogP contribution in [0.2, 0.25) is 0 Å². The Balaban J connectivity index is 1.53. The summed E-state index contributed by atoms with van der Waals surface area (Å²) in [6, 6.07) is 21.1. The number of carboxylic acid groups (broad SMARTS) is 1. The molecule has 5 nitrogen and oxygen atoms in total. The summed E-state index contributed by atoms with van der Waals surface area (Å²) >= 11 is 0. The maximum Gasteiger partial charge on any atom is 0.335 e. The number of hydrogen-bond acceptors (Lipinski definition) is 3. The third-order valence-corrected chi connectivity index (χ3v) is 5.10. The predicted octanol–water partition coefficient (Wildman–Crippen LogP) is 6.11. The fraction of sp³-hybridized carbons (Fsp3) is 0.120. The van der Waals surface area contributed by atoms with Crippen LogP contribution in [-0.4, -0.2) is 21.9 Å². The first-order valence-electron chi connectivity index (χ1n) is 9.66. The van der Waals surface area contributed by atoms with Crippen LogP contribution in [0.1, 0.15) is 33.1 Å². The minimum Gasteiger partial charge on any atom is -0.478 e. The van der Waals surface area contributed by atoms with Gasteiger partial charge >= 0.3 is 5.97 Å². The van der Waals surface area contributed by atoms with E-state index >= 15 is 0 Å². The van der Waals surface area contributed by atoms with Crippen LogP contribution in [0.25, 0.3) is 17.0 Å². The fourth-order valence-electron chi connectivity index (χ4n) is 3.48. The van der Waals surface area contributed by atoms with Crippen molar-refractivity contribution < 1.29 is 14.3 Å². The summed E-state index contributed by atoms with van der Waals surface area (Å²) in [5.41, 5.74) is 6.01. The molecule has 5 heteroatoms. The Labute approximate surface area is 174 Å². The van der Waals surface area contributed by atoms with E-state index in [0.717, 1.165) is 16.9 Å². The summed E-state index contributed by atoms with van der Waals surface area (Å²) < 4.78 is 8.03. The summed E-state index contributed by atoms with van der Waals surface area (Å²) in [6.45, 7) is 5.94. The molecule has 0 spiro atoms. The van der Waals surface area contributed by atoms with Gasteiger partial charge in [-0.1, -0.05) is 12.1 Å². The number of hydrogen-bond donors (Lipinski definition) is 1. The van der Waals surface area contributed by atoms with Crippen molar-refractivity contribution in [3.05, 3.63) is 95.0 Å². The van der Waals surface area contributed by atoms with Crippen LogP contribution in [0.4, 0.5) is 5.69 Å². The number of furan rings is 1. The maximum atomic E-state index is 11.4. The van der Waals surface area contributed by atoms with Crippen LogP contribution >= 0.6 is 0 Å². The third-order valence-electron chi connectivity index (χ3n) is 5.10. The van der Waals surface area contributed by atoms with E-state index in [2.05, 4.69) is 35.5 Å². The van der Waals surface area contributed by atoms with Crippen molar-refractivity contribution in [3.63, 3.8) is 0 Å². The average Bonchev–Trinajstić information content (AvgIpc) is 3.33. The molecule has 2 aromatic heterocycles. The Morgan fingerprint density at radius 1 is 0.933 bits per heavy atom. The van der Waals surface area contributed by atoms with Crippen LogP contribution < -0.4 is 0 Å². The van der Waals surface area contributed by atoms with Gasteiger partial charge in [-0.2, -0.15) is 0 Å². The summed E-state index contributed by atoms with van der Waals surface area (Å²) in [6.07, 6.45) is 1.66. The molecule has 0 saturated carbocycles. The molecule has 2 heterocycles. The van der Waals surface area contributed by atoms with Gasteiger partial charge in [0, 0.05) is 22.6 Å². The number of aromatic carboxylic acids is 1. The lowest BCUT2D eigenvalue weighted by molar-refractivity contribution is 0.0696. The molecule has 4 aromatic rings. The van der Waals surface area contributed by atoms with Gasteiger partial charge in [0.2, 0.25) is 0 Å². The molecule has 0 radical (unpaired) electrons. The standard InChI is InChI=1S/C25H22N2O3/c1-16-4-7-19(14-23(16)25(28)29)24-13-12-22(30-24)15-26-20-8-10-21(11-9-20)27-17(2)5-6-18(27)3/h4-15H,1-3H3,(H,28,29). The molecule has 0 saturated heterocycles. The number of benzene rings is 2. The van der Waals surface area contributed by atoms with Gasteiger partial charge in [0.25, 0.3) is 0 Å². The van der Waals surface area contributed by atoms with E-state index in [1.54, 1.807) is 25.3 Å². The van der Waals surface area contributed by atoms with E-state index in [1.165, 1.54) is 11.4 Å². The van der Waals surface area contributed by atoms with E-state index in [4.69, 9.17) is 4.42 Å². The minimum absolute atomic E-state index is 0.271. The van der Waals surface area contributed by atoms with Gasteiger partial charge in [0.15, 0.2) is 0 Å². The van der Waals surface area contributed by atoms with Crippen LogP contribution in [0, 0.1) is 20.8 Å². The molecule has 4 rings (SSSR count). The number of aryl methyl sites for hydroxylation is 3. The molecule has 30 heavy (non-hydrogen) atoms. The molecule has 0 amide bonds. The van der Waals surface area contributed by atoms with E-state index in [1.807, 2.05) is 42.5 Å². The number of nitrogens with zero attached hydrogens (tertiary/aromatic N) is 2. The van der Waals surface area contributed by atoms with Gasteiger partial charge in [-0.05, 0) is 80.9 Å². The summed E-state index contributed by atoms with van der Waals surface area (Å²) in [7, 11) is 0. The number of carboxylic acids is 1. The maximum absolute atomic E-state index is 11.4. The normalized spacial score (nSPS) is 11.3. The number of aromatic nitrogens is 1. The molecule has 1 N–H and O–H groups in total. The van der Waals surface area contributed by atoms with Crippen molar-refractivity contribution in [2.75, 3.05) is 0 Å². The zero-order chi connectivity index (χ0) is 21.3. The summed E-state index contributed by atoms with van der Waals surface area (Å²) in [5.74, 6) is 0.257. The molecule has 0 aliphatic heterocycles. The van der Waals surface area contributed by atoms with Crippen molar-refractivity contribution in [1.82, 2.24) is 4.57 Å². The van der Waals surface area contributed by atoms with Crippen molar-refractivity contribution >= 4 is 17.9 Å². The molecule has 0 bridgehead atoms. The van der Waals surface area contributed by atoms with Gasteiger partial charge in [-0.25, -0.2) is 4.79 Å². The monoisotopic (exact) mass is 398 g/mol. The fourth-order valence-corrected chi connectivity index (χ4v) is 3.48. The lowest BCUT2D eigenvalue weighted by Gasteiger charge is -2.09. The first-order valence-corrected chi connectivity index (χ1v) is 9.66. The van der Waals surface area contributed by atoms with E-state index < -0.39 is 5.97 Å². The van der Waals surface area contributed by atoms with Gasteiger partial charge in [0.05, 0.1) is 17.5 Å². The summed E-state index contributed by atoms with van der Waals surface area (Å²) in [4.78, 5) is 15.8. The van der Waals surface area contributed by atoms with E-state index in [9.17, 15) is 9.90 Å². The Bertz CT molecular complexity index is 1220. The van der Waals surface area contributed by atoms with Gasteiger partial charge in [-0.15, -0.1) is 0 Å². The van der Waals surface area contributed by atoms with Crippen LogP contribution in [0.3, 0.4) is 0 Å². The van der Waals surface area contributed by atoms with Crippen molar-refractivity contribution in [1.29, 1.82) is 0 Å². The second-order valence-corrected chi connectivity index (χ2v) is 7.26. The van der Waals surface area contributed by atoms with Gasteiger partial charge in [-0.3, -0.25) is 4.99 Å². The molecular weight excluding hydrogens is 376 g/mol. The summed E-state index contributed by atoms with van der Waals surface area (Å²) in [5, 5.41) is 9.31. The van der Waals surface area contributed by atoms with Crippen molar-refractivity contribution in [2.24, 2.45) is 4.99 Å². The molecule has 0 aliphatic carbocycles. The molecule has 0 aliphatic rings. The average molecular weight is 398 g/mol. The Hall–Kier alpha value is -3.86. The lowest BCUT2D eigenvalue weighted by Crippen LogP contribution is -1.99. The van der Waals surface area contributed by atoms with Crippen molar-refractivity contribution in [2.45, 2.75) is 20.8 Å². The van der Waals surface area contributed by atoms with Crippen LogP contribution in [0.15, 0.2) is 76.1 Å². The quantitative estimate of drug-likeness (QED) is 0.412. The van der Waals surface area contributed by atoms with Gasteiger partial charge in [0.1, 0.15) is 11.5 Å². The molecule has 150 valence electrons. The number of aliphatic imine (C=N–C) groups is 1. The molecule has 0 fully saturated rings. The Morgan fingerprint density at radius 2 is 1.63 bits per heavy atom. The predicted molar refractivity (Wildman–Crippen MR) is 118 cm³/mol. The zero-order valence-electron chi connectivity index (χ0n) is 17.1. The second kappa shape index (κ2) is 7.87. The largest absolute Gasteiger partial charge is 0.478 e. The highest BCUT2D eigenvalue weighted by Gasteiger charge is 2.11. The highest BCUT2D eigenvalue weighted by atomic mass is 16.4. The number of carbonyl (C=O) groups is 1. The first-order chi connectivity index (χ1) is 14.4. The molecular formula is C25H22N2O3. The third kappa shape index (κ3) is 3.82. The zero-order valence-corrected chi connectivity index (χ0v) is 17.1. The van der Waals surface area contributed by atoms with E-state index in [0.29, 0.717) is 17.1 Å². The SMILES string of the molecule is Cc1ccc(-c2ccc(C=Nc3ccc(-n4c(C)ccc4C)cc3)o2)cc1C(=O)O. The Kier molecular flexibility index (Phi) is 5.11. The van der Waals surface area contributed by atoms with Crippen LogP contribution in [-0.2, 0) is 0 Å². The molecule has 2 aromatic carbocycles. The topological polar surface area (TPSA) is 67.7 Å². The highest BCUT2D eigenvalue weighted by Crippen LogP contribution is 2.25. The Morgan fingerprint density at radius 3 is 2.30 bits per heavy atom. The lowest BCUT2D eigenvalue weighted by atomic mass is 10.0. The highest BCUT2D eigenvalue weighted by molar-refractivity contribution is 5.91. The van der Waals surface area contributed by atoms with Gasteiger partial charge < -0.3 is 14.1 Å². The first kappa shape index (κ1) is 19.5. The van der Waals surface area contributed by atoms with Crippen LogP contribution in [0.5, 0.6) is 0 Å². The van der Waals surface area contributed by atoms with E-state index in [-0.39, 0.29) is 5.56 Å². The second-order valence-electron chi connectivity index (χ2n) is 7.26. The smallest absolute Gasteiger partial charge is 0.335 e. The number of rotatable bonds is 5.